The molecular formula is C51H27B5N4O. The average molecular weight is 766 g/mol. The van der Waals surface area contributed by atoms with Gasteiger partial charge >= 0.3 is 0 Å². The Labute approximate surface area is 358 Å². The Bertz CT molecular complexity index is 3500. The van der Waals surface area contributed by atoms with Gasteiger partial charge in [-0.25, -0.2) is 15.0 Å². The maximum absolute atomic E-state index is 6.77. The highest BCUT2D eigenvalue weighted by atomic mass is 16.3. The number of benzene rings is 8. The zero-order valence-electron chi connectivity index (χ0n) is 32.7. The zero-order valence-corrected chi connectivity index (χ0v) is 32.7. The first-order chi connectivity index (χ1) is 29.8. The highest BCUT2D eigenvalue weighted by Gasteiger charge is 2.21. The van der Waals surface area contributed by atoms with E-state index in [4.69, 9.17) is 58.6 Å². The van der Waals surface area contributed by atoms with Crippen LogP contribution in [0.4, 0.5) is 0 Å². The van der Waals surface area contributed by atoms with Crippen molar-refractivity contribution in [1.29, 1.82) is 0 Å². The van der Waals surface area contributed by atoms with Gasteiger partial charge in [-0.2, -0.15) is 0 Å². The molecule has 10 radical (unpaired) electrons. The normalized spacial score (nSPS) is 11.6. The quantitative estimate of drug-likeness (QED) is 0.169. The molecule has 0 amide bonds. The first-order valence-corrected chi connectivity index (χ1v) is 19.8. The lowest BCUT2D eigenvalue weighted by atomic mass is 9.59. The maximum atomic E-state index is 6.77. The summed E-state index contributed by atoms with van der Waals surface area (Å²) in [6, 6.07) is 55.6. The van der Waals surface area contributed by atoms with Crippen LogP contribution < -0.4 is 27.3 Å². The molecule has 11 rings (SSSR count). The Hall–Kier alpha value is -7.31. The molecule has 3 aromatic heterocycles. The molecule has 8 aromatic carbocycles. The lowest BCUT2D eigenvalue weighted by molar-refractivity contribution is 0.669. The van der Waals surface area contributed by atoms with E-state index in [9.17, 15) is 0 Å². The van der Waals surface area contributed by atoms with E-state index < -0.39 is 0 Å². The minimum atomic E-state index is 0.169. The Balaban J connectivity index is 1.06. The molecule has 0 aliphatic carbocycles. The van der Waals surface area contributed by atoms with Gasteiger partial charge in [0.05, 0.1) is 16.6 Å². The maximum Gasteiger partial charge on any atom is 0.167 e. The summed E-state index contributed by atoms with van der Waals surface area (Å²) in [5, 5.41) is 4.34. The topological polar surface area (TPSA) is 56.7 Å². The van der Waals surface area contributed by atoms with Gasteiger partial charge < -0.3 is 8.98 Å². The van der Waals surface area contributed by atoms with E-state index in [1.165, 1.54) is 10.8 Å². The Morgan fingerprint density at radius 3 is 1.67 bits per heavy atom. The van der Waals surface area contributed by atoms with Gasteiger partial charge in [-0.1, -0.05) is 132 Å². The Morgan fingerprint density at radius 2 is 0.934 bits per heavy atom. The highest BCUT2D eigenvalue weighted by molar-refractivity contribution is 6.68. The summed E-state index contributed by atoms with van der Waals surface area (Å²) in [4.78, 5) is 15.1. The number of nitrogens with zero attached hydrogens (tertiary/aromatic N) is 4. The number of furan rings is 1. The van der Waals surface area contributed by atoms with Crippen LogP contribution in [0.2, 0.25) is 0 Å². The molecule has 5 nitrogen and oxygen atoms in total. The minimum Gasteiger partial charge on any atom is -0.455 e. The molecule has 3 heterocycles. The van der Waals surface area contributed by atoms with Crippen molar-refractivity contribution in [3.8, 4) is 62.1 Å². The minimum absolute atomic E-state index is 0.169. The standard InChI is InChI=1S/C51H27B5N4O/c52-43-41(44(53)46(55)47(56)45(43)54)28-21-23-30(24-22-28)50-57-49(29-11-3-1-4-12-29)58-51(59-50)36-18-9-17-35-42-33(16-10-20-40(42)61-48(35)36)31-25-26-39-37(27-31)34-15-7-8-19-38(34)60(39)32-13-5-2-6-14-32/h1-27H. The summed E-state index contributed by atoms with van der Waals surface area (Å²) in [5.74, 6) is 1.47. The molecule has 11 aromatic rings. The molecule has 0 atom stereocenters. The van der Waals surface area contributed by atoms with Gasteiger partial charge in [0.2, 0.25) is 0 Å². The van der Waals surface area contributed by atoms with E-state index in [1.807, 2.05) is 84.9 Å². The number of rotatable bonds is 6. The van der Waals surface area contributed by atoms with Gasteiger partial charge in [0, 0.05) is 38.4 Å². The summed E-state index contributed by atoms with van der Waals surface area (Å²) >= 11 is 0. The molecule has 272 valence electrons. The van der Waals surface area contributed by atoms with Crippen molar-refractivity contribution in [2.24, 2.45) is 0 Å². The molecule has 0 fully saturated rings. The zero-order chi connectivity index (χ0) is 41.4. The second-order valence-electron chi connectivity index (χ2n) is 15.1. The predicted molar refractivity (Wildman–Crippen MR) is 256 cm³/mol. The summed E-state index contributed by atoms with van der Waals surface area (Å²) in [7, 11) is 31.2. The second kappa shape index (κ2) is 14.5. The molecule has 10 heteroatoms. The van der Waals surface area contributed by atoms with Crippen LogP contribution in [0.5, 0.6) is 0 Å². The van der Waals surface area contributed by atoms with Crippen molar-refractivity contribution in [1.82, 2.24) is 19.5 Å². The number of hydrogen-bond donors (Lipinski definition) is 0. The van der Waals surface area contributed by atoms with Crippen molar-refractivity contribution in [3.05, 3.63) is 164 Å². The van der Waals surface area contributed by atoms with Crippen LogP contribution in [0.3, 0.4) is 0 Å². The van der Waals surface area contributed by atoms with Crippen molar-refractivity contribution < 1.29 is 4.42 Å². The fraction of sp³-hybridized carbons (Fsp3) is 0. The van der Waals surface area contributed by atoms with Gasteiger partial charge in [0.25, 0.3) is 0 Å². The number of para-hydroxylation sites is 3. The summed E-state index contributed by atoms with van der Waals surface area (Å²) in [5.41, 5.74) is 11.7. The third-order valence-corrected chi connectivity index (χ3v) is 11.6. The van der Waals surface area contributed by atoms with Crippen LogP contribution in [0.1, 0.15) is 0 Å². The van der Waals surface area contributed by atoms with Gasteiger partial charge in [0.15, 0.2) is 17.5 Å². The largest absolute Gasteiger partial charge is 0.455 e. The average Bonchev–Trinajstić information content (AvgIpc) is 3.87. The van der Waals surface area contributed by atoms with Gasteiger partial charge in [-0.15, -0.1) is 16.4 Å². The molecular weight excluding hydrogens is 739 g/mol. The lowest BCUT2D eigenvalue weighted by Crippen LogP contribution is -2.55. The number of hydrogen-bond acceptors (Lipinski definition) is 4. The van der Waals surface area contributed by atoms with E-state index in [1.54, 1.807) is 0 Å². The third-order valence-electron chi connectivity index (χ3n) is 11.6. The van der Waals surface area contributed by atoms with E-state index in [2.05, 4.69) is 83.4 Å². The molecule has 61 heavy (non-hydrogen) atoms. The third kappa shape index (κ3) is 5.96. The van der Waals surface area contributed by atoms with Gasteiger partial charge in [-0.3, -0.25) is 0 Å². The highest BCUT2D eigenvalue weighted by Crippen LogP contribution is 2.42. The monoisotopic (exact) mass is 766 g/mol. The van der Waals surface area contributed by atoms with E-state index in [-0.39, 0.29) is 27.3 Å². The van der Waals surface area contributed by atoms with Crippen molar-refractivity contribution in [2.75, 3.05) is 0 Å². The predicted octanol–water partition coefficient (Wildman–Crippen LogP) is 7.17. The number of fused-ring (bicyclic) bond motifs is 6. The van der Waals surface area contributed by atoms with Crippen LogP contribution >= 0.6 is 0 Å². The second-order valence-corrected chi connectivity index (χ2v) is 15.1. The van der Waals surface area contributed by atoms with Crippen molar-refractivity contribution in [2.45, 2.75) is 0 Å². The Kier molecular flexibility index (Phi) is 8.71. The van der Waals surface area contributed by atoms with Crippen LogP contribution in [0.25, 0.3) is 106 Å². The fourth-order valence-electron chi connectivity index (χ4n) is 8.55. The smallest absolute Gasteiger partial charge is 0.167 e. The van der Waals surface area contributed by atoms with E-state index in [0.717, 1.165) is 66.5 Å². The van der Waals surface area contributed by atoms with Crippen LogP contribution in [0, 0.1) is 0 Å². The number of aromatic nitrogens is 4. The summed E-state index contributed by atoms with van der Waals surface area (Å²) in [6.45, 7) is 0. The molecule has 0 saturated heterocycles. The van der Waals surface area contributed by atoms with Gasteiger partial charge in [0.1, 0.15) is 50.4 Å². The molecule has 0 bridgehead atoms. The van der Waals surface area contributed by atoms with Crippen LogP contribution in [-0.4, -0.2) is 58.8 Å². The molecule has 0 aliphatic heterocycles. The van der Waals surface area contributed by atoms with Crippen LogP contribution in [-0.2, 0) is 0 Å². The van der Waals surface area contributed by atoms with Crippen molar-refractivity contribution >= 4 is 110 Å². The van der Waals surface area contributed by atoms with Gasteiger partial charge in [-0.05, 0) is 64.7 Å². The van der Waals surface area contributed by atoms with Crippen LogP contribution in [0.15, 0.2) is 168 Å². The fourth-order valence-corrected chi connectivity index (χ4v) is 8.55. The first kappa shape index (κ1) is 36.8. The summed E-state index contributed by atoms with van der Waals surface area (Å²) in [6.07, 6.45) is 0. The summed E-state index contributed by atoms with van der Waals surface area (Å²) < 4.78 is 9.10. The molecule has 0 saturated carbocycles. The SMILES string of the molecule is [B]c1c([B])c([B])c(-c2ccc(-c3nc(-c4ccccc4)nc(-c4cccc5c4oc4cccc(-c6ccc7c(c6)c6ccccc6n7-c6ccccc6)c45)n3)cc2)c([B])c1[B]. The van der Waals surface area contributed by atoms with E-state index >= 15 is 0 Å². The first-order valence-electron chi connectivity index (χ1n) is 19.8. The van der Waals surface area contributed by atoms with E-state index in [0.29, 0.717) is 28.6 Å². The molecule has 0 N–H and O–H groups in total. The molecule has 0 unspecified atom stereocenters. The lowest BCUT2D eigenvalue weighted by Gasteiger charge is -2.21. The molecule has 0 spiro atoms. The Morgan fingerprint density at radius 1 is 0.393 bits per heavy atom. The van der Waals surface area contributed by atoms with Crippen molar-refractivity contribution in [3.63, 3.8) is 0 Å². The molecule has 0 aliphatic rings.